The molecule has 0 spiro atoms. The Bertz CT molecular complexity index is 742. The van der Waals surface area contributed by atoms with Crippen molar-refractivity contribution in [1.82, 2.24) is 0 Å². The molecule has 1 amide bonds. The molecular formula is C17H14N2O2. The number of hydrogen-bond acceptors (Lipinski definition) is 3. The van der Waals surface area contributed by atoms with E-state index in [1.54, 1.807) is 18.2 Å². The highest BCUT2D eigenvalue weighted by atomic mass is 16.3. The molecule has 0 aliphatic carbocycles. The number of phenols is 1. The summed E-state index contributed by atoms with van der Waals surface area (Å²) in [6.45, 7) is 1.92. The molecule has 4 nitrogen and oxygen atoms in total. The molecule has 0 unspecified atom stereocenters. The van der Waals surface area contributed by atoms with E-state index in [2.05, 4.69) is 5.32 Å². The number of carbonyl (C=O) groups excluding carboxylic acids is 1. The van der Waals surface area contributed by atoms with Gasteiger partial charge in [-0.3, -0.25) is 4.79 Å². The minimum atomic E-state index is -0.480. The van der Waals surface area contributed by atoms with Gasteiger partial charge in [0, 0.05) is 5.69 Å². The Morgan fingerprint density at radius 1 is 1.24 bits per heavy atom. The Morgan fingerprint density at radius 3 is 2.67 bits per heavy atom. The van der Waals surface area contributed by atoms with Crippen molar-refractivity contribution in [2.24, 2.45) is 0 Å². The third kappa shape index (κ3) is 3.95. The molecule has 0 radical (unpaired) electrons. The molecule has 0 saturated carbocycles. The first-order valence-corrected chi connectivity index (χ1v) is 6.37. The molecule has 0 aliphatic rings. The normalized spacial score (nSPS) is 10.8. The zero-order valence-electron chi connectivity index (χ0n) is 11.5. The van der Waals surface area contributed by atoms with Gasteiger partial charge in [-0.1, -0.05) is 24.3 Å². The van der Waals surface area contributed by atoms with Crippen molar-refractivity contribution in [3.63, 3.8) is 0 Å². The second-order valence-electron chi connectivity index (χ2n) is 4.59. The standard InChI is InChI=1S/C17H14N2O2/c1-12-4-2-6-15(8-12)19-17(21)14(11-18)9-13-5-3-7-16(20)10-13/h2-10,20H,1H3,(H,19,21)/b14-9+. The van der Waals surface area contributed by atoms with Gasteiger partial charge in [-0.2, -0.15) is 5.26 Å². The van der Waals surface area contributed by atoms with Crippen molar-refractivity contribution < 1.29 is 9.90 Å². The fourth-order valence-corrected chi connectivity index (χ4v) is 1.85. The molecule has 0 aliphatic heterocycles. The summed E-state index contributed by atoms with van der Waals surface area (Å²) >= 11 is 0. The van der Waals surface area contributed by atoms with Gasteiger partial charge in [0.25, 0.3) is 5.91 Å². The first kappa shape index (κ1) is 14.4. The van der Waals surface area contributed by atoms with Crippen LogP contribution < -0.4 is 5.32 Å². The Morgan fingerprint density at radius 2 is 2.00 bits per heavy atom. The van der Waals surface area contributed by atoms with Crippen LogP contribution in [0.1, 0.15) is 11.1 Å². The van der Waals surface area contributed by atoms with E-state index in [1.165, 1.54) is 18.2 Å². The fourth-order valence-electron chi connectivity index (χ4n) is 1.85. The molecule has 0 fully saturated rings. The maximum absolute atomic E-state index is 12.1. The lowest BCUT2D eigenvalue weighted by Gasteiger charge is -2.05. The number of rotatable bonds is 3. The van der Waals surface area contributed by atoms with Crippen LogP contribution >= 0.6 is 0 Å². The molecule has 2 aromatic rings. The summed E-state index contributed by atoms with van der Waals surface area (Å²) in [4.78, 5) is 12.1. The number of nitrogens with zero attached hydrogens (tertiary/aromatic N) is 1. The van der Waals surface area contributed by atoms with Gasteiger partial charge in [0.05, 0.1) is 0 Å². The van der Waals surface area contributed by atoms with Crippen molar-refractivity contribution in [1.29, 1.82) is 5.26 Å². The van der Waals surface area contributed by atoms with E-state index in [0.717, 1.165) is 5.56 Å². The predicted molar refractivity (Wildman–Crippen MR) is 81.5 cm³/mol. The molecule has 0 bridgehead atoms. The van der Waals surface area contributed by atoms with Crippen LogP contribution in [-0.4, -0.2) is 11.0 Å². The Balaban J connectivity index is 2.21. The van der Waals surface area contributed by atoms with Crippen LogP contribution in [0, 0.1) is 18.3 Å². The fraction of sp³-hybridized carbons (Fsp3) is 0.0588. The van der Waals surface area contributed by atoms with E-state index in [1.807, 2.05) is 31.2 Å². The lowest BCUT2D eigenvalue weighted by atomic mass is 10.1. The number of benzene rings is 2. The van der Waals surface area contributed by atoms with Crippen molar-refractivity contribution >= 4 is 17.7 Å². The molecule has 2 N–H and O–H groups in total. The molecule has 104 valence electrons. The monoisotopic (exact) mass is 278 g/mol. The lowest BCUT2D eigenvalue weighted by Crippen LogP contribution is -2.13. The number of aryl methyl sites for hydroxylation is 1. The van der Waals surface area contributed by atoms with E-state index in [0.29, 0.717) is 11.3 Å². The van der Waals surface area contributed by atoms with Gasteiger partial charge in [-0.05, 0) is 48.4 Å². The van der Waals surface area contributed by atoms with Gasteiger partial charge in [0.2, 0.25) is 0 Å². The highest BCUT2D eigenvalue weighted by Gasteiger charge is 2.09. The maximum atomic E-state index is 12.1. The van der Waals surface area contributed by atoms with E-state index in [4.69, 9.17) is 5.26 Å². The maximum Gasteiger partial charge on any atom is 0.266 e. The topological polar surface area (TPSA) is 73.1 Å². The van der Waals surface area contributed by atoms with Crippen molar-refractivity contribution in [2.45, 2.75) is 6.92 Å². The SMILES string of the molecule is Cc1cccc(NC(=O)/C(C#N)=C/c2cccc(O)c2)c1. The molecule has 0 saturated heterocycles. The Hall–Kier alpha value is -3.06. The predicted octanol–water partition coefficient (Wildman–Crippen LogP) is 3.25. The summed E-state index contributed by atoms with van der Waals surface area (Å²) in [5.41, 5.74) is 2.22. The molecule has 4 heteroatoms. The van der Waals surface area contributed by atoms with Crippen LogP contribution in [0.25, 0.3) is 6.08 Å². The van der Waals surface area contributed by atoms with Crippen LogP contribution in [0.15, 0.2) is 54.1 Å². The summed E-state index contributed by atoms with van der Waals surface area (Å²) in [6.07, 6.45) is 1.44. The number of nitriles is 1. The summed E-state index contributed by atoms with van der Waals surface area (Å²) < 4.78 is 0. The van der Waals surface area contributed by atoms with E-state index in [-0.39, 0.29) is 11.3 Å². The van der Waals surface area contributed by atoms with Crippen molar-refractivity contribution in [3.8, 4) is 11.8 Å². The summed E-state index contributed by atoms with van der Waals surface area (Å²) in [5, 5.41) is 21.2. The largest absolute Gasteiger partial charge is 0.508 e. The summed E-state index contributed by atoms with van der Waals surface area (Å²) in [5.74, 6) is -0.397. The van der Waals surface area contributed by atoms with Gasteiger partial charge in [-0.25, -0.2) is 0 Å². The Kier molecular flexibility index (Phi) is 4.37. The molecule has 0 atom stereocenters. The van der Waals surface area contributed by atoms with Gasteiger partial charge in [0.15, 0.2) is 0 Å². The van der Waals surface area contributed by atoms with Crippen molar-refractivity contribution in [3.05, 3.63) is 65.2 Å². The Labute approximate surface area is 123 Å². The molecule has 21 heavy (non-hydrogen) atoms. The van der Waals surface area contributed by atoms with Gasteiger partial charge in [-0.15, -0.1) is 0 Å². The van der Waals surface area contributed by atoms with E-state index < -0.39 is 5.91 Å². The third-order valence-corrected chi connectivity index (χ3v) is 2.82. The average Bonchev–Trinajstić information content (AvgIpc) is 2.44. The number of hydrogen-bond donors (Lipinski definition) is 2. The van der Waals surface area contributed by atoms with Crippen molar-refractivity contribution in [2.75, 3.05) is 5.32 Å². The number of anilines is 1. The molecule has 2 rings (SSSR count). The molecular weight excluding hydrogens is 264 g/mol. The number of carbonyl (C=O) groups is 1. The minimum absolute atomic E-state index is 0.0258. The minimum Gasteiger partial charge on any atom is -0.508 e. The smallest absolute Gasteiger partial charge is 0.266 e. The van der Waals surface area contributed by atoms with Crippen LogP contribution in [0.3, 0.4) is 0 Å². The van der Waals surface area contributed by atoms with Crippen LogP contribution in [0.2, 0.25) is 0 Å². The molecule has 0 aromatic heterocycles. The first-order chi connectivity index (χ1) is 10.1. The van der Waals surface area contributed by atoms with Gasteiger partial charge < -0.3 is 10.4 Å². The second kappa shape index (κ2) is 6.40. The summed E-state index contributed by atoms with van der Waals surface area (Å²) in [6, 6.07) is 15.6. The van der Waals surface area contributed by atoms with E-state index in [9.17, 15) is 9.90 Å². The second-order valence-corrected chi connectivity index (χ2v) is 4.59. The number of amides is 1. The molecule has 0 heterocycles. The zero-order chi connectivity index (χ0) is 15.2. The van der Waals surface area contributed by atoms with E-state index >= 15 is 0 Å². The third-order valence-electron chi connectivity index (χ3n) is 2.82. The van der Waals surface area contributed by atoms with Crippen LogP contribution in [0.5, 0.6) is 5.75 Å². The quantitative estimate of drug-likeness (QED) is 0.668. The van der Waals surface area contributed by atoms with Crippen LogP contribution in [-0.2, 0) is 4.79 Å². The van der Waals surface area contributed by atoms with Crippen LogP contribution in [0.4, 0.5) is 5.69 Å². The summed E-state index contributed by atoms with van der Waals surface area (Å²) in [7, 11) is 0. The first-order valence-electron chi connectivity index (χ1n) is 6.37. The highest BCUT2D eigenvalue weighted by molar-refractivity contribution is 6.09. The number of nitrogens with one attached hydrogen (secondary N) is 1. The zero-order valence-corrected chi connectivity index (χ0v) is 11.5. The van der Waals surface area contributed by atoms with Gasteiger partial charge in [0.1, 0.15) is 17.4 Å². The molecule has 2 aromatic carbocycles. The lowest BCUT2D eigenvalue weighted by molar-refractivity contribution is -0.112. The number of phenolic OH excluding ortho intramolecular Hbond substituents is 1. The number of aromatic hydroxyl groups is 1. The highest BCUT2D eigenvalue weighted by Crippen LogP contribution is 2.15. The average molecular weight is 278 g/mol. The van der Waals surface area contributed by atoms with Gasteiger partial charge >= 0.3 is 0 Å².